The number of hydrogen-bond acceptors (Lipinski definition) is 3. The summed E-state index contributed by atoms with van der Waals surface area (Å²) in [6.45, 7) is 3.65. The fraction of sp³-hybridized carbons (Fsp3) is 0.188. The smallest absolute Gasteiger partial charge is 0.274 e. The van der Waals surface area contributed by atoms with Gasteiger partial charge in [0.05, 0.1) is 5.69 Å². The molecule has 0 saturated carbocycles. The number of halogens is 1. The first kappa shape index (κ1) is 15.6. The van der Waals surface area contributed by atoms with Gasteiger partial charge in [0.1, 0.15) is 11.5 Å². The van der Waals surface area contributed by atoms with Gasteiger partial charge in [-0.1, -0.05) is 6.07 Å². The summed E-state index contributed by atoms with van der Waals surface area (Å²) in [4.78, 5) is 27.8. The van der Waals surface area contributed by atoms with E-state index in [-0.39, 0.29) is 28.9 Å². The molecule has 0 fully saturated rings. The van der Waals surface area contributed by atoms with Crippen molar-refractivity contribution in [3.8, 4) is 0 Å². The Morgan fingerprint density at radius 1 is 1.14 bits per heavy atom. The van der Waals surface area contributed by atoms with Gasteiger partial charge in [-0.2, -0.15) is 0 Å². The molecule has 0 saturated heterocycles. The molecular formula is C16H16FN3O2. The second kappa shape index (κ2) is 6.80. The number of nitrogens with one attached hydrogen (secondary N) is 2. The summed E-state index contributed by atoms with van der Waals surface area (Å²) in [6.07, 6.45) is 1.47. The largest absolute Gasteiger partial charge is 0.350 e. The van der Waals surface area contributed by atoms with Crippen molar-refractivity contribution in [3.63, 3.8) is 0 Å². The first-order valence-corrected chi connectivity index (χ1v) is 6.80. The lowest BCUT2D eigenvalue weighted by atomic mass is 10.1. The Morgan fingerprint density at radius 2 is 1.91 bits per heavy atom. The molecule has 2 rings (SSSR count). The number of carbonyl (C=O) groups is 2. The van der Waals surface area contributed by atoms with Crippen molar-refractivity contribution >= 4 is 17.5 Å². The summed E-state index contributed by atoms with van der Waals surface area (Å²) in [5, 5.41) is 5.12. The maximum Gasteiger partial charge on any atom is 0.274 e. The third-order valence-corrected chi connectivity index (χ3v) is 2.79. The van der Waals surface area contributed by atoms with Crippen molar-refractivity contribution in [1.82, 2.24) is 10.3 Å². The minimum Gasteiger partial charge on any atom is -0.350 e. The van der Waals surface area contributed by atoms with Crippen LogP contribution in [-0.4, -0.2) is 22.8 Å². The van der Waals surface area contributed by atoms with Gasteiger partial charge in [0.15, 0.2) is 0 Å². The molecule has 114 valence electrons. The minimum absolute atomic E-state index is 0.0379. The minimum atomic E-state index is -0.620. The van der Waals surface area contributed by atoms with E-state index in [1.807, 2.05) is 13.8 Å². The van der Waals surface area contributed by atoms with E-state index >= 15 is 0 Å². The molecule has 0 unspecified atom stereocenters. The highest BCUT2D eigenvalue weighted by Crippen LogP contribution is 2.17. The van der Waals surface area contributed by atoms with Gasteiger partial charge in [-0.05, 0) is 44.2 Å². The molecule has 0 radical (unpaired) electrons. The Bertz CT molecular complexity index is 687. The molecule has 1 aromatic carbocycles. The van der Waals surface area contributed by atoms with Crippen LogP contribution >= 0.6 is 0 Å². The zero-order chi connectivity index (χ0) is 16.1. The molecule has 2 amide bonds. The Balaban J connectivity index is 2.20. The molecule has 6 heteroatoms. The lowest BCUT2D eigenvalue weighted by Crippen LogP contribution is -2.30. The van der Waals surface area contributed by atoms with Crippen LogP contribution in [0.15, 0.2) is 42.6 Å². The van der Waals surface area contributed by atoms with Crippen molar-refractivity contribution in [2.75, 3.05) is 5.32 Å². The predicted octanol–water partition coefficient (Wildman–Crippen LogP) is 2.61. The average Bonchev–Trinajstić information content (AvgIpc) is 2.49. The van der Waals surface area contributed by atoms with Crippen LogP contribution in [0.25, 0.3) is 0 Å². The van der Waals surface area contributed by atoms with Gasteiger partial charge in [-0.3, -0.25) is 14.6 Å². The lowest BCUT2D eigenvalue weighted by Gasteiger charge is -2.11. The molecule has 0 aliphatic rings. The highest BCUT2D eigenvalue weighted by atomic mass is 19.1. The fourth-order valence-corrected chi connectivity index (χ4v) is 1.79. The van der Waals surface area contributed by atoms with Crippen molar-refractivity contribution in [3.05, 3.63) is 59.7 Å². The summed E-state index contributed by atoms with van der Waals surface area (Å²) in [6, 6.07) is 8.62. The van der Waals surface area contributed by atoms with Gasteiger partial charge in [0.25, 0.3) is 11.8 Å². The molecular weight excluding hydrogens is 285 g/mol. The summed E-state index contributed by atoms with van der Waals surface area (Å²) < 4.78 is 13.8. The zero-order valence-electron chi connectivity index (χ0n) is 12.3. The van der Waals surface area contributed by atoms with Crippen LogP contribution < -0.4 is 10.6 Å². The number of carbonyl (C=O) groups excluding carboxylic acids is 2. The molecule has 0 aliphatic heterocycles. The third kappa shape index (κ3) is 3.88. The molecule has 0 atom stereocenters. The van der Waals surface area contributed by atoms with Gasteiger partial charge in [-0.25, -0.2) is 4.39 Å². The molecule has 0 spiro atoms. The van der Waals surface area contributed by atoms with E-state index in [4.69, 9.17) is 0 Å². The number of hydrogen-bond donors (Lipinski definition) is 2. The van der Waals surface area contributed by atoms with Crippen LogP contribution in [0.5, 0.6) is 0 Å². The first-order chi connectivity index (χ1) is 10.5. The van der Waals surface area contributed by atoms with E-state index in [2.05, 4.69) is 15.6 Å². The van der Waals surface area contributed by atoms with Crippen LogP contribution in [0.4, 0.5) is 10.1 Å². The number of benzene rings is 1. The molecule has 1 aromatic heterocycles. The third-order valence-electron chi connectivity index (χ3n) is 2.79. The average molecular weight is 301 g/mol. The number of anilines is 1. The van der Waals surface area contributed by atoms with Crippen LogP contribution in [0.2, 0.25) is 0 Å². The topological polar surface area (TPSA) is 71.1 Å². The molecule has 2 aromatic rings. The molecule has 0 aliphatic carbocycles. The Hall–Kier alpha value is -2.76. The highest BCUT2D eigenvalue weighted by Gasteiger charge is 2.14. The van der Waals surface area contributed by atoms with Gasteiger partial charge < -0.3 is 10.6 Å². The number of amides is 2. The molecule has 0 bridgehead atoms. The van der Waals surface area contributed by atoms with Gasteiger partial charge >= 0.3 is 0 Å². The zero-order valence-corrected chi connectivity index (χ0v) is 12.3. The van der Waals surface area contributed by atoms with E-state index in [9.17, 15) is 14.0 Å². The van der Waals surface area contributed by atoms with Crippen molar-refractivity contribution in [2.24, 2.45) is 0 Å². The monoisotopic (exact) mass is 301 g/mol. The second-order valence-corrected chi connectivity index (χ2v) is 4.99. The Morgan fingerprint density at radius 3 is 2.55 bits per heavy atom. The van der Waals surface area contributed by atoms with Gasteiger partial charge in [-0.15, -0.1) is 0 Å². The molecule has 1 heterocycles. The van der Waals surface area contributed by atoms with Crippen LogP contribution in [-0.2, 0) is 0 Å². The van der Waals surface area contributed by atoms with Crippen LogP contribution in [0.1, 0.15) is 34.7 Å². The molecule has 2 N–H and O–H groups in total. The summed E-state index contributed by atoms with van der Waals surface area (Å²) >= 11 is 0. The predicted molar refractivity (Wildman–Crippen MR) is 81.2 cm³/mol. The van der Waals surface area contributed by atoms with Crippen LogP contribution in [0, 0.1) is 5.82 Å². The maximum atomic E-state index is 13.8. The molecule has 22 heavy (non-hydrogen) atoms. The van der Waals surface area contributed by atoms with Crippen molar-refractivity contribution in [2.45, 2.75) is 19.9 Å². The first-order valence-electron chi connectivity index (χ1n) is 6.80. The SMILES string of the molecule is CC(C)NC(=O)c1ccc(F)c(NC(=O)c2ccccn2)c1. The maximum absolute atomic E-state index is 13.8. The normalized spacial score (nSPS) is 10.4. The highest BCUT2D eigenvalue weighted by molar-refractivity contribution is 6.04. The number of rotatable bonds is 4. The van der Waals surface area contributed by atoms with E-state index in [0.717, 1.165) is 6.07 Å². The number of aromatic nitrogens is 1. The summed E-state index contributed by atoms with van der Waals surface area (Å²) in [5.41, 5.74) is 0.373. The Kier molecular flexibility index (Phi) is 4.83. The number of pyridine rings is 1. The number of nitrogens with zero attached hydrogens (tertiary/aromatic N) is 1. The van der Waals surface area contributed by atoms with E-state index in [1.54, 1.807) is 12.1 Å². The fourth-order valence-electron chi connectivity index (χ4n) is 1.79. The quantitative estimate of drug-likeness (QED) is 0.912. The summed E-state index contributed by atoms with van der Waals surface area (Å²) in [5.74, 6) is -1.49. The molecule has 5 nitrogen and oxygen atoms in total. The van der Waals surface area contributed by atoms with E-state index in [1.165, 1.54) is 24.4 Å². The van der Waals surface area contributed by atoms with Crippen molar-refractivity contribution < 1.29 is 14.0 Å². The Labute approximate surface area is 127 Å². The van der Waals surface area contributed by atoms with E-state index in [0.29, 0.717) is 0 Å². The summed E-state index contributed by atoms with van der Waals surface area (Å²) in [7, 11) is 0. The van der Waals surface area contributed by atoms with Gasteiger partial charge in [0, 0.05) is 17.8 Å². The lowest BCUT2D eigenvalue weighted by molar-refractivity contribution is 0.0941. The van der Waals surface area contributed by atoms with Crippen molar-refractivity contribution in [1.29, 1.82) is 0 Å². The van der Waals surface area contributed by atoms with Crippen LogP contribution in [0.3, 0.4) is 0 Å². The second-order valence-electron chi connectivity index (χ2n) is 4.99. The van der Waals surface area contributed by atoms with Gasteiger partial charge in [0.2, 0.25) is 0 Å². The standard InChI is InChI=1S/C16H16FN3O2/c1-10(2)19-15(21)11-6-7-12(17)14(9-11)20-16(22)13-5-3-4-8-18-13/h3-10H,1-2H3,(H,19,21)(H,20,22). The van der Waals surface area contributed by atoms with E-state index < -0.39 is 11.7 Å².